The van der Waals surface area contributed by atoms with Gasteiger partial charge < -0.3 is 26.2 Å². The van der Waals surface area contributed by atoms with E-state index in [0.717, 1.165) is 42.3 Å². The van der Waals surface area contributed by atoms with Gasteiger partial charge in [-0.3, -0.25) is 0 Å². The number of azo groups is 1. The average molecular weight is 351 g/mol. The van der Waals surface area contributed by atoms with Crippen molar-refractivity contribution in [3.8, 4) is 0 Å². The summed E-state index contributed by atoms with van der Waals surface area (Å²) >= 11 is 0. The molecule has 2 atom stereocenters. The second-order valence-corrected chi connectivity index (χ2v) is 7.04. The molecule has 0 saturated carbocycles. The molecule has 2 unspecified atom stereocenters. The Labute approximate surface area is 153 Å². The fraction of sp³-hybridized carbons (Fsp3) is 0.368. The maximum Gasteiger partial charge on any atom is 0.218 e. The minimum absolute atomic E-state index is 0.178. The van der Waals surface area contributed by atoms with Gasteiger partial charge in [-0.1, -0.05) is 0 Å². The van der Waals surface area contributed by atoms with Crippen LogP contribution in [0.2, 0.25) is 0 Å². The van der Waals surface area contributed by atoms with Crippen molar-refractivity contribution in [2.75, 3.05) is 47.6 Å². The number of nitrogens with two attached hydrogens (primary N) is 2. The van der Waals surface area contributed by atoms with Gasteiger partial charge in [-0.15, -0.1) is 5.11 Å². The zero-order valence-electron chi connectivity index (χ0n) is 15.2. The monoisotopic (exact) mass is 351 g/mol. The van der Waals surface area contributed by atoms with Crippen LogP contribution in [0.25, 0.3) is 0 Å². The Kier molecular flexibility index (Phi) is 4.16. The summed E-state index contributed by atoms with van der Waals surface area (Å²) in [5.41, 5.74) is 16.9. The van der Waals surface area contributed by atoms with E-state index in [1.54, 1.807) is 0 Å². The minimum atomic E-state index is -0.178. The van der Waals surface area contributed by atoms with Gasteiger partial charge in [0.15, 0.2) is 0 Å². The molecule has 2 heterocycles. The van der Waals surface area contributed by atoms with Crippen LogP contribution in [0.15, 0.2) is 52.7 Å². The Hall–Kier alpha value is -2.80. The maximum atomic E-state index is 5.99. The Balaban J connectivity index is 1.48. The molecular formula is C19H25N7. The maximum absolute atomic E-state index is 5.99. The van der Waals surface area contributed by atoms with Gasteiger partial charge in [-0.25, -0.2) is 0 Å². The molecule has 0 spiro atoms. The molecule has 1 fully saturated rings. The van der Waals surface area contributed by atoms with Gasteiger partial charge in [-0.2, -0.15) is 5.11 Å². The highest BCUT2D eigenvalue weighted by molar-refractivity contribution is 5.79. The van der Waals surface area contributed by atoms with Crippen LogP contribution in [0, 0.1) is 0 Å². The van der Waals surface area contributed by atoms with Crippen molar-refractivity contribution in [2.24, 2.45) is 16.0 Å². The van der Waals surface area contributed by atoms with Crippen LogP contribution in [0.4, 0.5) is 28.4 Å². The van der Waals surface area contributed by atoms with Crippen molar-refractivity contribution in [3.05, 3.63) is 42.5 Å². The summed E-state index contributed by atoms with van der Waals surface area (Å²) < 4.78 is 0. The van der Waals surface area contributed by atoms with E-state index in [1.807, 2.05) is 44.4 Å². The van der Waals surface area contributed by atoms with Gasteiger partial charge in [0.25, 0.3) is 0 Å². The molecule has 4 rings (SSSR count). The smallest absolute Gasteiger partial charge is 0.218 e. The molecule has 0 aromatic heterocycles. The van der Waals surface area contributed by atoms with Crippen molar-refractivity contribution in [1.82, 2.24) is 0 Å². The molecule has 2 aromatic rings. The lowest BCUT2D eigenvalue weighted by Crippen LogP contribution is -2.36. The molecule has 2 aliphatic rings. The largest absolute Gasteiger partial charge is 0.399 e. The fourth-order valence-corrected chi connectivity index (χ4v) is 3.65. The molecule has 0 amide bonds. The van der Waals surface area contributed by atoms with Crippen molar-refractivity contribution in [1.29, 1.82) is 0 Å². The van der Waals surface area contributed by atoms with Crippen molar-refractivity contribution >= 4 is 28.4 Å². The Morgan fingerprint density at radius 1 is 1.00 bits per heavy atom. The SMILES string of the molecule is CN1c2ccc(N)cc2N(C)C1N=Nc1ccc(N2CCC(N)C2)cc1. The van der Waals surface area contributed by atoms with Crippen LogP contribution in [0.1, 0.15) is 6.42 Å². The van der Waals surface area contributed by atoms with Crippen LogP contribution in [0.3, 0.4) is 0 Å². The number of benzene rings is 2. The van der Waals surface area contributed by atoms with Crippen LogP contribution in [0.5, 0.6) is 0 Å². The molecular weight excluding hydrogens is 326 g/mol. The number of hydrogen-bond acceptors (Lipinski definition) is 7. The number of rotatable bonds is 3. The number of fused-ring (bicyclic) bond motifs is 1. The predicted octanol–water partition coefficient (Wildman–Crippen LogP) is 2.76. The highest BCUT2D eigenvalue weighted by Gasteiger charge is 2.31. The summed E-state index contributed by atoms with van der Waals surface area (Å²) in [4.78, 5) is 6.48. The van der Waals surface area contributed by atoms with E-state index in [2.05, 4.69) is 37.1 Å². The Morgan fingerprint density at radius 2 is 1.73 bits per heavy atom. The van der Waals surface area contributed by atoms with Crippen molar-refractivity contribution in [2.45, 2.75) is 18.8 Å². The van der Waals surface area contributed by atoms with Gasteiger partial charge in [-0.05, 0) is 48.9 Å². The molecule has 7 nitrogen and oxygen atoms in total. The number of anilines is 4. The third-order valence-corrected chi connectivity index (χ3v) is 5.17. The van der Waals surface area contributed by atoms with Crippen LogP contribution < -0.4 is 26.2 Å². The van der Waals surface area contributed by atoms with Gasteiger partial charge in [0, 0.05) is 44.6 Å². The van der Waals surface area contributed by atoms with E-state index in [1.165, 1.54) is 5.69 Å². The number of nitrogen functional groups attached to an aromatic ring is 1. The minimum Gasteiger partial charge on any atom is -0.399 e. The van der Waals surface area contributed by atoms with E-state index in [4.69, 9.17) is 11.5 Å². The molecule has 0 aliphatic carbocycles. The first-order valence-corrected chi connectivity index (χ1v) is 8.89. The molecule has 136 valence electrons. The molecule has 4 N–H and O–H groups in total. The lowest BCUT2D eigenvalue weighted by molar-refractivity contribution is 0.649. The van der Waals surface area contributed by atoms with Gasteiger partial charge in [0.1, 0.15) is 0 Å². The van der Waals surface area contributed by atoms with Crippen molar-refractivity contribution < 1.29 is 0 Å². The molecule has 2 aliphatic heterocycles. The molecule has 26 heavy (non-hydrogen) atoms. The summed E-state index contributed by atoms with van der Waals surface area (Å²) in [7, 11) is 4.02. The molecule has 2 aromatic carbocycles. The topological polar surface area (TPSA) is 86.5 Å². The Morgan fingerprint density at radius 3 is 2.42 bits per heavy atom. The Bertz CT molecular complexity index is 817. The molecule has 0 bridgehead atoms. The first-order chi connectivity index (χ1) is 12.5. The molecule has 1 saturated heterocycles. The highest BCUT2D eigenvalue weighted by Crippen LogP contribution is 2.39. The van der Waals surface area contributed by atoms with E-state index in [0.29, 0.717) is 0 Å². The summed E-state index contributed by atoms with van der Waals surface area (Å²) in [6, 6.07) is 14.4. The zero-order chi connectivity index (χ0) is 18.3. The first-order valence-electron chi connectivity index (χ1n) is 8.89. The highest BCUT2D eigenvalue weighted by atomic mass is 15.5. The zero-order valence-corrected chi connectivity index (χ0v) is 15.2. The quantitative estimate of drug-likeness (QED) is 0.656. The second-order valence-electron chi connectivity index (χ2n) is 7.04. The number of nitrogens with zero attached hydrogens (tertiary/aromatic N) is 5. The second kappa shape index (κ2) is 6.49. The van der Waals surface area contributed by atoms with Crippen LogP contribution in [-0.4, -0.2) is 39.5 Å². The first kappa shape index (κ1) is 16.7. The summed E-state index contributed by atoms with van der Waals surface area (Å²) in [6.07, 6.45) is 0.871. The average Bonchev–Trinajstić information content (AvgIpc) is 3.16. The van der Waals surface area contributed by atoms with Gasteiger partial charge >= 0.3 is 0 Å². The van der Waals surface area contributed by atoms with E-state index in [-0.39, 0.29) is 12.3 Å². The fourth-order valence-electron chi connectivity index (χ4n) is 3.65. The lowest BCUT2D eigenvalue weighted by Gasteiger charge is -2.22. The third kappa shape index (κ3) is 2.94. The summed E-state index contributed by atoms with van der Waals surface area (Å²) in [5, 5.41) is 8.99. The predicted molar refractivity (Wildman–Crippen MR) is 107 cm³/mol. The third-order valence-electron chi connectivity index (χ3n) is 5.17. The molecule has 0 radical (unpaired) electrons. The summed E-state index contributed by atoms with van der Waals surface area (Å²) in [6.45, 7) is 1.93. The van der Waals surface area contributed by atoms with Gasteiger partial charge in [0.2, 0.25) is 6.29 Å². The van der Waals surface area contributed by atoms with Gasteiger partial charge in [0.05, 0.1) is 17.1 Å². The standard InChI is InChI=1S/C19H25N7/c1-24-17-8-3-13(20)11-18(17)25(2)19(24)23-22-15-4-6-16(7-5-15)26-10-9-14(21)12-26/h3-8,11,14,19H,9-10,12,20-21H2,1-2H3. The van der Waals surface area contributed by atoms with Crippen LogP contribution >= 0.6 is 0 Å². The van der Waals surface area contributed by atoms with E-state index >= 15 is 0 Å². The normalized spacial score (nSPS) is 22.5. The van der Waals surface area contributed by atoms with Crippen LogP contribution in [-0.2, 0) is 0 Å². The summed E-state index contributed by atoms with van der Waals surface area (Å²) in [5.74, 6) is 0. The number of hydrogen-bond donors (Lipinski definition) is 2. The van der Waals surface area contributed by atoms with E-state index < -0.39 is 0 Å². The van der Waals surface area contributed by atoms with E-state index in [9.17, 15) is 0 Å². The van der Waals surface area contributed by atoms with Crippen molar-refractivity contribution in [3.63, 3.8) is 0 Å². The molecule has 7 heteroatoms. The lowest BCUT2D eigenvalue weighted by atomic mass is 10.2.